The van der Waals surface area contributed by atoms with Crippen molar-refractivity contribution in [1.29, 1.82) is 0 Å². The minimum atomic E-state index is 1.08. The van der Waals surface area contributed by atoms with Crippen LogP contribution in [0.15, 0.2) is 35.8 Å². The molecule has 1 aliphatic heterocycles. The van der Waals surface area contributed by atoms with E-state index in [4.69, 9.17) is 0 Å². The first kappa shape index (κ1) is 8.06. The summed E-state index contributed by atoms with van der Waals surface area (Å²) in [5.41, 5.74) is 2.85. The summed E-state index contributed by atoms with van der Waals surface area (Å²) in [6.07, 6.45) is 3.30. The van der Waals surface area contributed by atoms with Crippen LogP contribution < -0.4 is 5.32 Å². The maximum Gasteiger partial charge on any atom is 0.0418 e. The molecular formula is C12H11NS. The molecule has 3 rings (SSSR count). The Labute approximate surface area is 87.1 Å². The Kier molecular flexibility index (Phi) is 1.81. The minimum absolute atomic E-state index is 1.08. The first-order chi connectivity index (χ1) is 6.95. The van der Waals surface area contributed by atoms with Crippen LogP contribution in [-0.2, 0) is 0 Å². The summed E-state index contributed by atoms with van der Waals surface area (Å²) in [4.78, 5) is 0. The van der Waals surface area contributed by atoms with E-state index in [1.54, 1.807) is 0 Å². The standard InChI is InChI=1S/C12H11NS/c1-2-9-5-7-14-12(9)11(3-1)10-4-6-13-8-10/h1-3,5,7-8,13H,4,6H2. The van der Waals surface area contributed by atoms with Crippen molar-refractivity contribution >= 4 is 27.0 Å². The highest BCUT2D eigenvalue weighted by Gasteiger charge is 2.10. The maximum absolute atomic E-state index is 3.27. The van der Waals surface area contributed by atoms with Crippen LogP contribution in [0.25, 0.3) is 15.7 Å². The molecule has 0 unspecified atom stereocenters. The SMILES string of the molecule is C1=C(c2cccc3ccsc23)CCN1. The second-order valence-corrected chi connectivity index (χ2v) is 4.43. The van der Waals surface area contributed by atoms with Gasteiger partial charge in [0.15, 0.2) is 0 Å². The van der Waals surface area contributed by atoms with Gasteiger partial charge in [0, 0.05) is 17.4 Å². The van der Waals surface area contributed by atoms with Gasteiger partial charge in [0.25, 0.3) is 0 Å². The molecule has 14 heavy (non-hydrogen) atoms. The monoisotopic (exact) mass is 201 g/mol. The van der Waals surface area contributed by atoms with Crippen LogP contribution in [0.1, 0.15) is 12.0 Å². The predicted molar refractivity (Wildman–Crippen MR) is 62.4 cm³/mol. The summed E-state index contributed by atoms with van der Waals surface area (Å²) in [6.45, 7) is 1.08. The van der Waals surface area contributed by atoms with Gasteiger partial charge >= 0.3 is 0 Å². The van der Waals surface area contributed by atoms with Gasteiger partial charge in [-0.3, -0.25) is 0 Å². The highest BCUT2D eigenvalue weighted by atomic mass is 32.1. The van der Waals surface area contributed by atoms with Gasteiger partial charge in [0.05, 0.1) is 0 Å². The summed E-state index contributed by atoms with van der Waals surface area (Å²) in [7, 11) is 0. The fourth-order valence-corrected chi connectivity index (χ4v) is 2.88. The topological polar surface area (TPSA) is 12.0 Å². The third kappa shape index (κ3) is 1.15. The lowest BCUT2D eigenvalue weighted by Gasteiger charge is -2.02. The molecule has 0 amide bonds. The second kappa shape index (κ2) is 3.14. The van der Waals surface area contributed by atoms with Gasteiger partial charge in [-0.05, 0) is 34.4 Å². The number of fused-ring (bicyclic) bond motifs is 1. The molecule has 1 N–H and O–H groups in total. The summed E-state index contributed by atoms with van der Waals surface area (Å²) < 4.78 is 1.42. The predicted octanol–water partition coefficient (Wildman–Crippen LogP) is 3.24. The fraction of sp³-hybridized carbons (Fsp3) is 0.167. The number of rotatable bonds is 1. The quantitative estimate of drug-likeness (QED) is 0.747. The van der Waals surface area contributed by atoms with Crippen LogP contribution in [0.4, 0.5) is 0 Å². The van der Waals surface area contributed by atoms with Crippen molar-refractivity contribution in [1.82, 2.24) is 5.32 Å². The molecular weight excluding hydrogens is 190 g/mol. The smallest absolute Gasteiger partial charge is 0.0418 e. The van der Waals surface area contributed by atoms with Crippen molar-refractivity contribution in [2.24, 2.45) is 0 Å². The van der Waals surface area contributed by atoms with E-state index in [0.717, 1.165) is 13.0 Å². The Morgan fingerprint density at radius 3 is 3.07 bits per heavy atom. The molecule has 0 radical (unpaired) electrons. The maximum atomic E-state index is 3.27. The summed E-state index contributed by atoms with van der Waals surface area (Å²) in [6, 6.07) is 8.73. The molecule has 0 aliphatic carbocycles. The highest BCUT2D eigenvalue weighted by Crippen LogP contribution is 2.31. The van der Waals surface area contributed by atoms with E-state index in [1.807, 2.05) is 11.3 Å². The van der Waals surface area contributed by atoms with E-state index in [0.29, 0.717) is 0 Å². The summed E-state index contributed by atoms with van der Waals surface area (Å²) in [5, 5.41) is 6.80. The zero-order chi connectivity index (χ0) is 9.38. The van der Waals surface area contributed by atoms with Crippen LogP contribution >= 0.6 is 11.3 Å². The van der Waals surface area contributed by atoms with Crippen molar-refractivity contribution in [3.63, 3.8) is 0 Å². The molecule has 0 atom stereocenters. The molecule has 0 saturated heterocycles. The molecule has 1 aliphatic rings. The fourth-order valence-electron chi connectivity index (χ4n) is 1.93. The average molecular weight is 201 g/mol. The van der Waals surface area contributed by atoms with Crippen molar-refractivity contribution in [3.05, 3.63) is 41.4 Å². The molecule has 2 heterocycles. The number of thiophene rings is 1. The molecule has 1 nitrogen and oxygen atoms in total. The van der Waals surface area contributed by atoms with Gasteiger partial charge < -0.3 is 5.32 Å². The lowest BCUT2D eigenvalue weighted by atomic mass is 10.0. The molecule has 0 bridgehead atoms. The Hall–Kier alpha value is -1.28. The highest BCUT2D eigenvalue weighted by molar-refractivity contribution is 7.17. The van der Waals surface area contributed by atoms with Gasteiger partial charge in [0.2, 0.25) is 0 Å². The van der Waals surface area contributed by atoms with E-state index >= 15 is 0 Å². The van der Waals surface area contributed by atoms with E-state index in [1.165, 1.54) is 21.2 Å². The summed E-state index contributed by atoms with van der Waals surface area (Å²) >= 11 is 1.83. The third-order valence-corrected chi connectivity index (χ3v) is 3.60. The minimum Gasteiger partial charge on any atom is -0.390 e. The second-order valence-electron chi connectivity index (χ2n) is 3.52. The van der Waals surface area contributed by atoms with Crippen LogP contribution in [-0.4, -0.2) is 6.54 Å². The van der Waals surface area contributed by atoms with Crippen molar-refractivity contribution in [2.45, 2.75) is 6.42 Å². The Bertz CT molecular complexity index is 496. The van der Waals surface area contributed by atoms with E-state index in [9.17, 15) is 0 Å². The molecule has 2 aromatic rings. The van der Waals surface area contributed by atoms with Crippen molar-refractivity contribution in [2.75, 3.05) is 6.54 Å². The van der Waals surface area contributed by atoms with Gasteiger partial charge in [-0.25, -0.2) is 0 Å². The number of nitrogens with one attached hydrogen (secondary N) is 1. The van der Waals surface area contributed by atoms with Crippen LogP contribution in [0.5, 0.6) is 0 Å². The molecule has 0 saturated carbocycles. The first-order valence-corrected chi connectivity index (χ1v) is 5.72. The zero-order valence-corrected chi connectivity index (χ0v) is 8.60. The molecule has 1 aromatic heterocycles. The molecule has 1 aromatic carbocycles. The number of hydrogen-bond acceptors (Lipinski definition) is 2. The Morgan fingerprint density at radius 2 is 2.21 bits per heavy atom. The van der Waals surface area contributed by atoms with Crippen LogP contribution in [0.2, 0.25) is 0 Å². The van der Waals surface area contributed by atoms with E-state index in [2.05, 4.69) is 41.2 Å². The summed E-state index contributed by atoms with van der Waals surface area (Å²) in [5.74, 6) is 0. The lowest BCUT2D eigenvalue weighted by Crippen LogP contribution is -1.96. The van der Waals surface area contributed by atoms with Gasteiger partial charge in [-0.1, -0.05) is 18.2 Å². The Balaban J connectivity index is 2.24. The largest absolute Gasteiger partial charge is 0.390 e. The molecule has 0 fully saturated rings. The molecule has 0 spiro atoms. The normalized spacial score (nSPS) is 15.6. The molecule has 2 heteroatoms. The number of hydrogen-bond donors (Lipinski definition) is 1. The lowest BCUT2D eigenvalue weighted by molar-refractivity contribution is 0.920. The van der Waals surface area contributed by atoms with Gasteiger partial charge in [-0.15, -0.1) is 11.3 Å². The van der Waals surface area contributed by atoms with E-state index < -0.39 is 0 Å². The average Bonchev–Trinajstić information content (AvgIpc) is 2.88. The van der Waals surface area contributed by atoms with E-state index in [-0.39, 0.29) is 0 Å². The third-order valence-electron chi connectivity index (χ3n) is 2.64. The van der Waals surface area contributed by atoms with Crippen molar-refractivity contribution in [3.8, 4) is 0 Å². The zero-order valence-electron chi connectivity index (χ0n) is 7.79. The van der Waals surface area contributed by atoms with Crippen LogP contribution in [0, 0.1) is 0 Å². The number of benzene rings is 1. The van der Waals surface area contributed by atoms with Crippen LogP contribution in [0.3, 0.4) is 0 Å². The van der Waals surface area contributed by atoms with Gasteiger partial charge in [0.1, 0.15) is 0 Å². The first-order valence-electron chi connectivity index (χ1n) is 4.84. The molecule has 70 valence electrons. The van der Waals surface area contributed by atoms with Crippen molar-refractivity contribution < 1.29 is 0 Å². The van der Waals surface area contributed by atoms with Gasteiger partial charge in [-0.2, -0.15) is 0 Å². The Morgan fingerprint density at radius 1 is 1.21 bits per heavy atom.